The van der Waals surface area contributed by atoms with Crippen LogP contribution >= 0.6 is 0 Å². The third kappa shape index (κ3) is 4.35. The van der Waals surface area contributed by atoms with Gasteiger partial charge >= 0.3 is 0 Å². The molecule has 1 amide bonds. The molecular weight excluding hydrogens is 454 g/mol. The smallest absolute Gasteiger partial charge is 0.294 e. The topological polar surface area (TPSA) is 76.1 Å². The van der Waals surface area contributed by atoms with Gasteiger partial charge in [0.05, 0.1) is 11.6 Å². The van der Waals surface area contributed by atoms with Crippen LogP contribution in [0.4, 0.5) is 5.69 Å². The number of ketones is 1. The average Bonchev–Trinajstić information content (AvgIpc) is 3.44. The van der Waals surface area contributed by atoms with Gasteiger partial charge in [-0.2, -0.15) is 0 Å². The molecule has 6 nitrogen and oxygen atoms in total. The highest BCUT2D eigenvalue weighted by molar-refractivity contribution is 6.16. The fraction of sp³-hybridized carbons (Fsp3) is 0.267. The molecule has 0 saturated heterocycles. The highest BCUT2D eigenvalue weighted by atomic mass is 16.7. The lowest BCUT2D eigenvalue weighted by atomic mass is 9.85. The van der Waals surface area contributed by atoms with Gasteiger partial charge in [0.1, 0.15) is 0 Å². The van der Waals surface area contributed by atoms with Crippen molar-refractivity contribution in [3.63, 3.8) is 0 Å². The average molecular weight is 484 g/mol. The number of aryl methyl sites for hydroxylation is 1. The van der Waals surface area contributed by atoms with E-state index < -0.39 is 17.7 Å². The number of Topliss-reactive ketones (excluding diaryl/α,β-unsaturated/α-hetero) is 1. The predicted molar refractivity (Wildman–Crippen MR) is 137 cm³/mol. The predicted octanol–water partition coefficient (Wildman–Crippen LogP) is 5.81. The van der Waals surface area contributed by atoms with Gasteiger partial charge in [-0.05, 0) is 40.7 Å². The summed E-state index contributed by atoms with van der Waals surface area (Å²) in [6.45, 7) is 6.50. The third-order valence-electron chi connectivity index (χ3n) is 6.72. The lowest BCUT2D eigenvalue weighted by Crippen LogP contribution is -2.31. The molecule has 0 radical (unpaired) electrons. The van der Waals surface area contributed by atoms with E-state index in [-0.39, 0.29) is 30.0 Å². The normalized spacial score (nSPS) is 17.1. The van der Waals surface area contributed by atoms with Gasteiger partial charge in [0.15, 0.2) is 23.0 Å². The first kappa shape index (κ1) is 23.7. The molecule has 0 saturated carbocycles. The van der Waals surface area contributed by atoms with Gasteiger partial charge in [-0.25, -0.2) is 0 Å². The third-order valence-corrected chi connectivity index (χ3v) is 6.72. The zero-order chi connectivity index (χ0) is 25.4. The maximum atomic E-state index is 13.5. The molecule has 0 fully saturated rings. The first-order valence-corrected chi connectivity index (χ1v) is 12.1. The number of ether oxygens (including phenoxy) is 2. The largest absolute Gasteiger partial charge is 0.503 e. The molecule has 0 aromatic heterocycles. The second-order valence-electron chi connectivity index (χ2n) is 10.2. The van der Waals surface area contributed by atoms with Crippen LogP contribution in [0, 0.1) is 0 Å². The Kier molecular flexibility index (Phi) is 6.04. The molecule has 0 aliphatic carbocycles. The number of anilines is 1. The second kappa shape index (κ2) is 9.19. The molecule has 2 aliphatic rings. The number of benzene rings is 3. The van der Waals surface area contributed by atoms with Crippen molar-refractivity contribution in [1.82, 2.24) is 0 Å². The molecule has 1 unspecified atom stereocenters. The van der Waals surface area contributed by atoms with Gasteiger partial charge in [0.2, 0.25) is 6.79 Å². The molecule has 36 heavy (non-hydrogen) atoms. The molecule has 2 heterocycles. The molecule has 3 aromatic rings. The standard InChI is InChI=1S/C30H29NO5/c1-30(2,3)21-12-10-20(11-13-21)27-26(23(32)15-9-19-7-5-4-6-8-19)28(33)29(34)31(27)22-14-16-24-25(17-22)36-18-35-24/h4-8,10-14,16-17,27,33H,9,15,18H2,1-3H3. The summed E-state index contributed by atoms with van der Waals surface area (Å²) in [7, 11) is 0. The van der Waals surface area contributed by atoms with Gasteiger partial charge in [-0.1, -0.05) is 75.4 Å². The summed E-state index contributed by atoms with van der Waals surface area (Å²) in [5.74, 6) is -0.256. The van der Waals surface area contributed by atoms with E-state index in [9.17, 15) is 14.7 Å². The van der Waals surface area contributed by atoms with Crippen molar-refractivity contribution >= 4 is 17.4 Å². The molecule has 0 bridgehead atoms. The van der Waals surface area contributed by atoms with Crippen molar-refractivity contribution in [2.24, 2.45) is 0 Å². The Morgan fingerprint density at radius 1 is 0.972 bits per heavy atom. The Morgan fingerprint density at radius 2 is 1.67 bits per heavy atom. The molecule has 6 heteroatoms. The zero-order valence-electron chi connectivity index (χ0n) is 20.7. The maximum Gasteiger partial charge on any atom is 0.294 e. The summed E-state index contributed by atoms with van der Waals surface area (Å²) in [5, 5.41) is 11.0. The van der Waals surface area contributed by atoms with Crippen LogP contribution in [0.5, 0.6) is 11.5 Å². The molecule has 1 atom stereocenters. The van der Waals surface area contributed by atoms with Gasteiger partial charge in [-0.15, -0.1) is 0 Å². The van der Waals surface area contributed by atoms with E-state index in [0.29, 0.717) is 23.6 Å². The maximum absolute atomic E-state index is 13.5. The van der Waals surface area contributed by atoms with E-state index >= 15 is 0 Å². The number of carbonyl (C=O) groups excluding carboxylic acids is 2. The Hall–Kier alpha value is -4.06. The SMILES string of the molecule is CC(C)(C)c1ccc(C2C(C(=O)CCc3ccccc3)=C(O)C(=O)N2c2ccc3c(c2)OCO3)cc1. The molecular formula is C30H29NO5. The number of hydrogen-bond donors (Lipinski definition) is 1. The zero-order valence-corrected chi connectivity index (χ0v) is 20.7. The number of hydrogen-bond acceptors (Lipinski definition) is 5. The Bertz CT molecular complexity index is 1340. The summed E-state index contributed by atoms with van der Waals surface area (Å²) in [6.07, 6.45) is 0.701. The quantitative estimate of drug-likeness (QED) is 0.479. The minimum absolute atomic E-state index is 0.0483. The van der Waals surface area contributed by atoms with E-state index in [4.69, 9.17) is 9.47 Å². The van der Waals surface area contributed by atoms with Crippen LogP contribution in [-0.4, -0.2) is 23.6 Å². The van der Waals surface area contributed by atoms with Gasteiger partial charge in [0.25, 0.3) is 5.91 Å². The van der Waals surface area contributed by atoms with Crippen LogP contribution in [0.3, 0.4) is 0 Å². The van der Waals surface area contributed by atoms with E-state index in [1.807, 2.05) is 54.6 Å². The lowest BCUT2D eigenvalue weighted by Gasteiger charge is -2.28. The first-order valence-electron chi connectivity index (χ1n) is 12.1. The molecule has 0 spiro atoms. The lowest BCUT2D eigenvalue weighted by molar-refractivity contribution is -0.118. The summed E-state index contributed by atoms with van der Waals surface area (Å²) in [5.41, 5.74) is 3.50. The molecule has 2 aliphatic heterocycles. The monoisotopic (exact) mass is 483 g/mol. The van der Waals surface area contributed by atoms with Gasteiger partial charge in [-0.3, -0.25) is 14.5 Å². The van der Waals surface area contributed by atoms with Crippen molar-refractivity contribution in [1.29, 1.82) is 0 Å². The van der Waals surface area contributed by atoms with E-state index in [2.05, 4.69) is 20.8 Å². The van der Waals surface area contributed by atoms with Crippen molar-refractivity contribution in [3.8, 4) is 11.5 Å². The fourth-order valence-electron chi connectivity index (χ4n) is 4.71. The van der Waals surface area contributed by atoms with Gasteiger partial charge in [0, 0.05) is 18.2 Å². The Labute approximate surface area is 210 Å². The van der Waals surface area contributed by atoms with Crippen LogP contribution in [0.1, 0.15) is 49.9 Å². The minimum atomic E-state index is -0.754. The van der Waals surface area contributed by atoms with Crippen molar-refractivity contribution in [2.45, 2.75) is 45.1 Å². The summed E-state index contributed by atoms with van der Waals surface area (Å²) in [6, 6.07) is 22.0. The molecule has 5 rings (SSSR count). The van der Waals surface area contributed by atoms with Crippen LogP contribution in [-0.2, 0) is 21.4 Å². The number of aliphatic hydroxyl groups is 1. The highest BCUT2D eigenvalue weighted by Gasteiger charge is 2.44. The molecule has 1 N–H and O–H groups in total. The van der Waals surface area contributed by atoms with Crippen LogP contribution < -0.4 is 14.4 Å². The molecule has 3 aromatic carbocycles. The number of fused-ring (bicyclic) bond motifs is 1. The first-order chi connectivity index (χ1) is 17.2. The highest BCUT2D eigenvalue weighted by Crippen LogP contribution is 2.44. The minimum Gasteiger partial charge on any atom is -0.503 e. The number of rotatable bonds is 6. The molecule has 184 valence electrons. The summed E-state index contributed by atoms with van der Waals surface area (Å²) in [4.78, 5) is 28.4. The van der Waals surface area contributed by atoms with Crippen molar-refractivity contribution in [2.75, 3.05) is 11.7 Å². The number of nitrogens with zero attached hydrogens (tertiary/aromatic N) is 1. The summed E-state index contributed by atoms with van der Waals surface area (Å²) >= 11 is 0. The van der Waals surface area contributed by atoms with Crippen LogP contribution in [0.2, 0.25) is 0 Å². The number of carbonyl (C=O) groups is 2. The number of amides is 1. The Morgan fingerprint density at radius 3 is 2.36 bits per heavy atom. The van der Waals surface area contributed by atoms with Crippen molar-refractivity contribution in [3.05, 3.63) is 101 Å². The number of aliphatic hydroxyl groups excluding tert-OH is 1. The van der Waals surface area contributed by atoms with Crippen molar-refractivity contribution < 1.29 is 24.2 Å². The van der Waals surface area contributed by atoms with Crippen LogP contribution in [0.25, 0.3) is 0 Å². The second-order valence-corrected chi connectivity index (χ2v) is 10.2. The Balaban J connectivity index is 1.54. The van der Waals surface area contributed by atoms with Gasteiger partial charge < -0.3 is 14.6 Å². The fourth-order valence-corrected chi connectivity index (χ4v) is 4.71. The van der Waals surface area contributed by atoms with E-state index in [1.165, 1.54) is 4.90 Å². The van der Waals surface area contributed by atoms with Crippen LogP contribution in [0.15, 0.2) is 84.1 Å². The van der Waals surface area contributed by atoms with E-state index in [0.717, 1.165) is 16.7 Å². The van der Waals surface area contributed by atoms with E-state index in [1.54, 1.807) is 18.2 Å². The summed E-state index contributed by atoms with van der Waals surface area (Å²) < 4.78 is 10.9.